The molecule has 0 aliphatic rings. The van der Waals surface area contributed by atoms with E-state index in [9.17, 15) is 0 Å². The number of aromatic amines is 1. The van der Waals surface area contributed by atoms with Gasteiger partial charge in [-0.25, -0.2) is 0 Å². The van der Waals surface area contributed by atoms with E-state index in [4.69, 9.17) is 5.26 Å². The van der Waals surface area contributed by atoms with E-state index < -0.39 is 0 Å². The van der Waals surface area contributed by atoms with Crippen molar-refractivity contribution >= 4 is 42.5 Å². The summed E-state index contributed by atoms with van der Waals surface area (Å²) in [5, 5.41) is 11.4. The van der Waals surface area contributed by atoms with Gasteiger partial charge in [0, 0.05) is 21.0 Å². The highest BCUT2D eigenvalue weighted by Crippen LogP contribution is 2.38. The Labute approximate surface area is 107 Å². The van der Waals surface area contributed by atoms with Crippen molar-refractivity contribution in [1.29, 1.82) is 5.26 Å². The zero-order valence-electron chi connectivity index (χ0n) is 9.40. The third-order valence-corrected chi connectivity index (χ3v) is 4.44. The van der Waals surface area contributed by atoms with Crippen molar-refractivity contribution in [2.45, 2.75) is 0 Å². The number of fused-ring (bicyclic) bond motifs is 5. The minimum absolute atomic E-state index is 0.718. The van der Waals surface area contributed by atoms with Crippen molar-refractivity contribution in [3.63, 3.8) is 0 Å². The summed E-state index contributed by atoms with van der Waals surface area (Å²) in [6.45, 7) is 0. The molecule has 0 bridgehead atoms. The molecule has 18 heavy (non-hydrogen) atoms. The van der Waals surface area contributed by atoms with Crippen molar-refractivity contribution in [1.82, 2.24) is 4.98 Å². The molecule has 0 aliphatic heterocycles. The number of hydrogen-bond donors (Lipinski definition) is 1. The quantitative estimate of drug-likeness (QED) is 0.492. The molecular weight excluding hydrogens is 240 g/mol. The number of thiophene rings is 1. The molecule has 0 saturated heterocycles. The number of rotatable bonds is 0. The van der Waals surface area contributed by atoms with Gasteiger partial charge >= 0.3 is 0 Å². The molecule has 0 fully saturated rings. The molecule has 0 atom stereocenters. The second kappa shape index (κ2) is 3.34. The summed E-state index contributed by atoms with van der Waals surface area (Å²) in [4.78, 5) is 3.47. The summed E-state index contributed by atoms with van der Waals surface area (Å²) < 4.78 is 2.44. The fourth-order valence-corrected chi connectivity index (χ4v) is 3.64. The Morgan fingerprint density at radius 3 is 2.83 bits per heavy atom. The monoisotopic (exact) mass is 248 g/mol. The van der Waals surface area contributed by atoms with E-state index in [2.05, 4.69) is 29.3 Å². The van der Waals surface area contributed by atoms with Crippen LogP contribution >= 0.6 is 11.3 Å². The van der Waals surface area contributed by atoms with Crippen LogP contribution in [0, 0.1) is 11.3 Å². The van der Waals surface area contributed by atoms with Gasteiger partial charge in [-0.15, -0.1) is 11.3 Å². The van der Waals surface area contributed by atoms with Gasteiger partial charge in [-0.1, -0.05) is 24.3 Å². The third kappa shape index (κ3) is 1.15. The Morgan fingerprint density at radius 1 is 1.06 bits per heavy atom. The number of aromatic nitrogens is 1. The molecule has 2 aromatic heterocycles. The largest absolute Gasteiger partial charge is 0.353 e. The number of nitrogens with zero attached hydrogens (tertiary/aromatic N) is 1. The Kier molecular flexibility index (Phi) is 1.80. The van der Waals surface area contributed by atoms with Gasteiger partial charge in [-0.2, -0.15) is 5.26 Å². The average molecular weight is 248 g/mol. The van der Waals surface area contributed by atoms with E-state index in [1.807, 2.05) is 24.3 Å². The van der Waals surface area contributed by atoms with Crippen LogP contribution in [0.15, 0.2) is 42.5 Å². The topological polar surface area (TPSA) is 39.6 Å². The van der Waals surface area contributed by atoms with Crippen LogP contribution in [-0.2, 0) is 0 Å². The minimum atomic E-state index is 0.718. The van der Waals surface area contributed by atoms with E-state index in [0.29, 0.717) is 0 Å². The lowest BCUT2D eigenvalue weighted by molar-refractivity contribution is 1.50. The molecule has 0 radical (unpaired) electrons. The van der Waals surface area contributed by atoms with Crippen LogP contribution < -0.4 is 0 Å². The van der Waals surface area contributed by atoms with Crippen LogP contribution in [-0.4, -0.2) is 4.98 Å². The molecule has 84 valence electrons. The van der Waals surface area contributed by atoms with Gasteiger partial charge in [0.15, 0.2) is 0 Å². The Bertz CT molecular complexity index is 938. The van der Waals surface area contributed by atoms with E-state index in [-0.39, 0.29) is 0 Å². The number of H-pyrrole nitrogens is 1. The molecule has 2 aromatic carbocycles. The van der Waals surface area contributed by atoms with Crippen LogP contribution in [0.4, 0.5) is 0 Å². The highest BCUT2D eigenvalue weighted by Gasteiger charge is 2.10. The zero-order chi connectivity index (χ0) is 12.1. The average Bonchev–Trinajstić information content (AvgIpc) is 2.93. The summed E-state index contributed by atoms with van der Waals surface area (Å²) in [6.07, 6.45) is 0. The molecular formula is C15H8N2S. The van der Waals surface area contributed by atoms with Crippen molar-refractivity contribution in [2.75, 3.05) is 0 Å². The first-order valence-electron chi connectivity index (χ1n) is 5.70. The highest BCUT2D eigenvalue weighted by molar-refractivity contribution is 7.26. The smallest absolute Gasteiger partial charge is 0.0992 e. The maximum atomic E-state index is 8.94. The van der Waals surface area contributed by atoms with Gasteiger partial charge in [0.25, 0.3) is 0 Å². The minimum Gasteiger partial charge on any atom is -0.353 e. The van der Waals surface area contributed by atoms with Gasteiger partial charge in [0.2, 0.25) is 0 Å². The van der Waals surface area contributed by atoms with Crippen LogP contribution in [0.2, 0.25) is 0 Å². The number of benzene rings is 2. The molecule has 0 spiro atoms. The van der Waals surface area contributed by atoms with Crippen molar-refractivity contribution in [3.05, 3.63) is 48.0 Å². The van der Waals surface area contributed by atoms with Gasteiger partial charge in [-0.05, 0) is 18.2 Å². The lowest BCUT2D eigenvalue weighted by atomic mass is 10.2. The lowest BCUT2D eigenvalue weighted by Crippen LogP contribution is -1.72. The van der Waals surface area contributed by atoms with Crippen LogP contribution in [0.25, 0.3) is 31.2 Å². The Hall–Kier alpha value is -2.31. The number of hydrogen-bond acceptors (Lipinski definition) is 2. The van der Waals surface area contributed by atoms with Crippen LogP contribution in [0.1, 0.15) is 5.56 Å². The summed E-state index contributed by atoms with van der Waals surface area (Å²) in [7, 11) is 0. The molecule has 4 aromatic rings. The van der Waals surface area contributed by atoms with Crippen LogP contribution in [0.5, 0.6) is 0 Å². The predicted molar refractivity (Wildman–Crippen MR) is 75.9 cm³/mol. The van der Waals surface area contributed by atoms with Gasteiger partial charge in [0.1, 0.15) is 0 Å². The van der Waals surface area contributed by atoms with Gasteiger partial charge in [-0.3, -0.25) is 0 Å². The first-order chi connectivity index (χ1) is 8.86. The van der Waals surface area contributed by atoms with Gasteiger partial charge < -0.3 is 4.98 Å². The second-order valence-electron chi connectivity index (χ2n) is 4.30. The maximum Gasteiger partial charge on any atom is 0.0992 e. The first-order valence-corrected chi connectivity index (χ1v) is 6.51. The lowest BCUT2D eigenvalue weighted by Gasteiger charge is -1.91. The molecule has 0 aliphatic carbocycles. The first kappa shape index (κ1) is 9.69. The third-order valence-electron chi connectivity index (χ3n) is 3.25. The summed E-state index contributed by atoms with van der Waals surface area (Å²) >= 11 is 1.74. The van der Waals surface area contributed by atoms with E-state index >= 15 is 0 Å². The molecule has 0 unspecified atom stereocenters. The SMILES string of the molecule is N#Cc1ccc2c(c1)sc1c3ccccc3[nH]c21. The summed E-state index contributed by atoms with van der Waals surface area (Å²) in [5.74, 6) is 0. The summed E-state index contributed by atoms with van der Waals surface area (Å²) in [6, 6.07) is 16.4. The van der Waals surface area contributed by atoms with Crippen molar-refractivity contribution in [3.8, 4) is 6.07 Å². The molecule has 0 amide bonds. The molecule has 0 saturated carbocycles. The molecule has 4 rings (SSSR count). The standard InChI is InChI=1S/C15H8N2S/c16-8-9-5-6-11-13(7-9)18-15-10-3-1-2-4-12(10)17-14(11)15/h1-7,17H. The molecule has 3 heteroatoms. The summed E-state index contributed by atoms with van der Waals surface area (Å²) in [5.41, 5.74) is 3.07. The van der Waals surface area contributed by atoms with E-state index in [1.54, 1.807) is 11.3 Å². The predicted octanol–water partition coefficient (Wildman–Crippen LogP) is 4.41. The molecule has 2 heterocycles. The highest BCUT2D eigenvalue weighted by atomic mass is 32.1. The van der Waals surface area contributed by atoms with Crippen molar-refractivity contribution < 1.29 is 0 Å². The van der Waals surface area contributed by atoms with E-state index in [1.165, 1.54) is 31.2 Å². The fourth-order valence-electron chi connectivity index (χ4n) is 2.40. The van der Waals surface area contributed by atoms with Crippen LogP contribution in [0.3, 0.4) is 0 Å². The Morgan fingerprint density at radius 2 is 1.94 bits per heavy atom. The maximum absolute atomic E-state index is 8.94. The molecule has 2 nitrogen and oxygen atoms in total. The van der Waals surface area contributed by atoms with Crippen molar-refractivity contribution in [2.24, 2.45) is 0 Å². The zero-order valence-corrected chi connectivity index (χ0v) is 10.2. The second-order valence-corrected chi connectivity index (χ2v) is 5.35. The fraction of sp³-hybridized carbons (Fsp3) is 0. The normalized spacial score (nSPS) is 11.3. The van der Waals surface area contributed by atoms with Gasteiger partial charge in [0.05, 0.1) is 21.8 Å². The number of nitriles is 1. The molecule has 1 N–H and O–H groups in total. The van der Waals surface area contributed by atoms with E-state index in [0.717, 1.165) is 5.56 Å². The Balaban J connectivity index is 2.23. The number of para-hydroxylation sites is 1. The number of nitrogens with one attached hydrogen (secondary N) is 1.